The van der Waals surface area contributed by atoms with Crippen molar-refractivity contribution in [3.63, 3.8) is 0 Å². The minimum atomic E-state index is -1.26. The van der Waals surface area contributed by atoms with Crippen molar-refractivity contribution in [2.24, 2.45) is 0 Å². The number of hydrogen-bond donors (Lipinski definition) is 2. The fourth-order valence-electron chi connectivity index (χ4n) is 1.89. The lowest BCUT2D eigenvalue weighted by atomic mass is 9.93. The Morgan fingerprint density at radius 3 is 2.24 bits per heavy atom. The van der Waals surface area contributed by atoms with Crippen LogP contribution in [0.25, 0.3) is 0 Å². The number of aliphatic hydroxyl groups excluding tert-OH is 1. The summed E-state index contributed by atoms with van der Waals surface area (Å²) in [5, 5.41) is 19.4. The van der Waals surface area contributed by atoms with Gasteiger partial charge in [0.2, 0.25) is 0 Å². The highest BCUT2D eigenvalue weighted by molar-refractivity contribution is 14.1. The summed E-state index contributed by atoms with van der Waals surface area (Å²) in [6.45, 7) is 0. The van der Waals surface area contributed by atoms with E-state index in [9.17, 15) is 15.0 Å². The van der Waals surface area contributed by atoms with Gasteiger partial charge in [-0.15, -0.1) is 0 Å². The second kappa shape index (κ2) is 7.25. The maximum Gasteiger partial charge on any atom is 0.314 e. The lowest BCUT2D eigenvalue weighted by molar-refractivity contribution is -0.140. The molecule has 0 bridgehead atoms. The fraction of sp³-hybridized carbons (Fsp3) is 0.118. The Hall–Kier alpha value is -1.84. The van der Waals surface area contributed by atoms with Crippen molar-refractivity contribution in [2.45, 2.75) is 12.0 Å². The normalized spacial score (nSPS) is 12.9. The Morgan fingerprint density at radius 2 is 1.67 bits per heavy atom. The van der Waals surface area contributed by atoms with Crippen LogP contribution in [-0.4, -0.2) is 22.3 Å². The Balaban J connectivity index is 2.23. The van der Waals surface area contributed by atoms with Crippen LogP contribution in [0, 0.1) is 15.4 Å². The topological polar surface area (TPSA) is 57.5 Å². The molecule has 0 fully saturated rings. The van der Waals surface area contributed by atoms with Gasteiger partial charge < -0.3 is 10.2 Å². The van der Waals surface area contributed by atoms with Crippen molar-refractivity contribution in [1.82, 2.24) is 0 Å². The average molecular weight is 392 g/mol. The van der Waals surface area contributed by atoms with E-state index in [1.54, 1.807) is 30.3 Å². The quantitative estimate of drug-likeness (QED) is 0.624. The highest BCUT2D eigenvalue weighted by Crippen LogP contribution is 2.20. The van der Waals surface area contributed by atoms with Gasteiger partial charge in [-0.1, -0.05) is 42.2 Å². The molecule has 2 rings (SSSR count). The summed E-state index contributed by atoms with van der Waals surface area (Å²) in [6, 6.07) is 16.1. The van der Waals surface area contributed by atoms with Crippen molar-refractivity contribution in [1.29, 1.82) is 0 Å². The molecule has 4 heteroatoms. The first-order valence-electron chi connectivity index (χ1n) is 6.31. The Bertz CT molecular complexity index is 669. The van der Waals surface area contributed by atoms with E-state index in [-0.39, 0.29) is 0 Å². The SMILES string of the molecule is O=C(O)[C@H](c1ccccc1)[C@H](O)C#Cc1ccc(I)cc1. The number of halogens is 1. The molecule has 0 radical (unpaired) electrons. The van der Waals surface area contributed by atoms with Crippen LogP contribution in [0.5, 0.6) is 0 Å². The molecule has 106 valence electrons. The fourth-order valence-corrected chi connectivity index (χ4v) is 2.25. The zero-order valence-electron chi connectivity index (χ0n) is 11.0. The Kier molecular flexibility index (Phi) is 5.37. The first kappa shape index (κ1) is 15.5. The van der Waals surface area contributed by atoms with E-state index in [0.717, 1.165) is 9.13 Å². The third kappa shape index (κ3) is 4.31. The van der Waals surface area contributed by atoms with Crippen molar-refractivity contribution in [2.75, 3.05) is 0 Å². The minimum Gasteiger partial charge on any atom is -0.481 e. The summed E-state index contributed by atoms with van der Waals surface area (Å²) in [5.74, 6) is 3.29. The van der Waals surface area contributed by atoms with Gasteiger partial charge in [-0.3, -0.25) is 4.79 Å². The summed E-state index contributed by atoms with van der Waals surface area (Å²) in [7, 11) is 0. The predicted octanol–water partition coefficient (Wildman–Crippen LogP) is 2.87. The molecule has 2 aromatic rings. The molecule has 0 heterocycles. The second-order valence-corrected chi connectivity index (χ2v) is 5.69. The Morgan fingerprint density at radius 1 is 1.05 bits per heavy atom. The van der Waals surface area contributed by atoms with Gasteiger partial charge >= 0.3 is 5.97 Å². The van der Waals surface area contributed by atoms with Crippen LogP contribution in [0.1, 0.15) is 17.0 Å². The van der Waals surface area contributed by atoms with Gasteiger partial charge in [0.25, 0.3) is 0 Å². The molecular weight excluding hydrogens is 379 g/mol. The van der Waals surface area contributed by atoms with Crippen molar-refractivity contribution in [3.05, 3.63) is 69.3 Å². The molecule has 0 saturated heterocycles. The maximum absolute atomic E-state index is 11.4. The monoisotopic (exact) mass is 392 g/mol. The van der Waals surface area contributed by atoms with E-state index < -0.39 is 18.0 Å². The van der Waals surface area contributed by atoms with E-state index >= 15 is 0 Å². The second-order valence-electron chi connectivity index (χ2n) is 4.45. The van der Waals surface area contributed by atoms with E-state index in [4.69, 9.17) is 0 Å². The summed E-state index contributed by atoms with van der Waals surface area (Å²) in [5.41, 5.74) is 1.28. The van der Waals surface area contributed by atoms with Crippen LogP contribution in [0.15, 0.2) is 54.6 Å². The number of carboxylic acids is 1. The molecule has 0 aliphatic heterocycles. The third-order valence-electron chi connectivity index (χ3n) is 2.95. The highest BCUT2D eigenvalue weighted by atomic mass is 127. The molecule has 2 atom stereocenters. The number of aliphatic carboxylic acids is 1. The Labute approximate surface area is 136 Å². The van der Waals surface area contributed by atoms with E-state index in [1.165, 1.54) is 0 Å². The average Bonchev–Trinajstić information content (AvgIpc) is 2.47. The van der Waals surface area contributed by atoms with Crippen LogP contribution in [0.3, 0.4) is 0 Å². The maximum atomic E-state index is 11.4. The molecule has 0 aliphatic rings. The molecule has 0 saturated carbocycles. The van der Waals surface area contributed by atoms with Gasteiger partial charge in [-0.2, -0.15) is 0 Å². The van der Waals surface area contributed by atoms with Crippen LogP contribution in [0.4, 0.5) is 0 Å². The van der Waals surface area contributed by atoms with Gasteiger partial charge in [0.05, 0.1) is 0 Å². The number of aliphatic hydroxyl groups is 1. The highest BCUT2D eigenvalue weighted by Gasteiger charge is 2.26. The van der Waals surface area contributed by atoms with Crippen molar-refractivity contribution < 1.29 is 15.0 Å². The third-order valence-corrected chi connectivity index (χ3v) is 3.67. The number of hydrogen-bond acceptors (Lipinski definition) is 2. The predicted molar refractivity (Wildman–Crippen MR) is 88.9 cm³/mol. The molecule has 0 aliphatic carbocycles. The summed E-state index contributed by atoms with van der Waals surface area (Å²) < 4.78 is 1.09. The molecule has 0 spiro atoms. The number of carboxylic acid groups (broad SMARTS) is 1. The first-order chi connectivity index (χ1) is 10.1. The van der Waals surface area contributed by atoms with Gasteiger partial charge in [0.1, 0.15) is 12.0 Å². The van der Waals surface area contributed by atoms with Crippen LogP contribution in [-0.2, 0) is 4.79 Å². The summed E-state index contributed by atoms with van der Waals surface area (Å²) in [4.78, 5) is 11.4. The molecule has 3 nitrogen and oxygen atoms in total. The zero-order chi connectivity index (χ0) is 15.2. The van der Waals surface area contributed by atoms with Crippen molar-refractivity contribution >= 4 is 28.6 Å². The molecule has 0 amide bonds. The van der Waals surface area contributed by atoms with Crippen LogP contribution < -0.4 is 0 Å². The lowest BCUT2D eigenvalue weighted by Crippen LogP contribution is -2.24. The molecule has 2 N–H and O–H groups in total. The number of benzene rings is 2. The zero-order valence-corrected chi connectivity index (χ0v) is 13.2. The van der Waals surface area contributed by atoms with Gasteiger partial charge in [0.15, 0.2) is 0 Å². The minimum absolute atomic E-state index is 0.536. The van der Waals surface area contributed by atoms with Gasteiger partial charge in [-0.05, 0) is 52.4 Å². The van der Waals surface area contributed by atoms with Crippen LogP contribution in [0.2, 0.25) is 0 Å². The lowest BCUT2D eigenvalue weighted by Gasteiger charge is -2.14. The molecule has 0 unspecified atom stereocenters. The van der Waals surface area contributed by atoms with E-state index in [2.05, 4.69) is 34.4 Å². The smallest absolute Gasteiger partial charge is 0.314 e. The molecular formula is C17H13IO3. The largest absolute Gasteiger partial charge is 0.481 e. The molecule has 2 aromatic carbocycles. The van der Waals surface area contributed by atoms with Gasteiger partial charge in [0, 0.05) is 9.13 Å². The summed E-state index contributed by atoms with van der Waals surface area (Å²) >= 11 is 2.19. The van der Waals surface area contributed by atoms with Crippen LogP contribution >= 0.6 is 22.6 Å². The summed E-state index contributed by atoms with van der Waals surface area (Å²) in [6.07, 6.45) is -1.26. The molecule has 21 heavy (non-hydrogen) atoms. The molecule has 0 aromatic heterocycles. The standard InChI is InChI=1S/C17H13IO3/c18-14-9-6-12(7-10-14)8-11-15(19)16(17(20)21)13-4-2-1-3-5-13/h1-7,9-10,15-16,19H,(H,20,21)/t15-,16-/m1/s1. The van der Waals surface area contributed by atoms with E-state index in [0.29, 0.717) is 5.56 Å². The van der Waals surface area contributed by atoms with Gasteiger partial charge in [-0.25, -0.2) is 0 Å². The van der Waals surface area contributed by atoms with E-state index in [1.807, 2.05) is 24.3 Å². The first-order valence-corrected chi connectivity index (χ1v) is 7.39. The van der Waals surface area contributed by atoms with Crippen molar-refractivity contribution in [3.8, 4) is 11.8 Å². The number of carbonyl (C=O) groups is 1. The number of rotatable bonds is 3.